The van der Waals surface area contributed by atoms with Gasteiger partial charge in [-0.3, -0.25) is 0 Å². The van der Waals surface area contributed by atoms with Crippen LogP contribution in [0.5, 0.6) is 5.75 Å². The molecule has 0 fully saturated rings. The Kier molecular flexibility index (Phi) is 4.43. The lowest BCUT2D eigenvalue weighted by Crippen LogP contribution is -2.22. The summed E-state index contributed by atoms with van der Waals surface area (Å²) in [6.07, 6.45) is 6.12. The lowest BCUT2D eigenvalue weighted by molar-refractivity contribution is 0.410. The molecule has 0 saturated carbocycles. The molecule has 2 rings (SSSR count). The smallest absolute Gasteiger partial charge is 0.122 e. The molecule has 0 saturated heterocycles. The van der Waals surface area contributed by atoms with Gasteiger partial charge in [-0.25, -0.2) is 0 Å². The minimum atomic E-state index is 0.354. The van der Waals surface area contributed by atoms with Gasteiger partial charge in [0.05, 0.1) is 13.2 Å². The average Bonchev–Trinajstić information content (AvgIpc) is 2.90. The first kappa shape index (κ1) is 13.2. The van der Waals surface area contributed by atoms with Crippen molar-refractivity contribution in [1.29, 1.82) is 0 Å². The van der Waals surface area contributed by atoms with Crippen LogP contribution in [0.15, 0.2) is 29.8 Å². The van der Waals surface area contributed by atoms with Gasteiger partial charge in [-0.15, -0.1) is 0 Å². The van der Waals surface area contributed by atoms with Gasteiger partial charge in [0, 0.05) is 0 Å². The number of hydrogen-bond donors (Lipinski definition) is 1. The number of rotatable bonds is 5. The first-order chi connectivity index (χ1) is 8.76. The third-order valence-corrected chi connectivity index (χ3v) is 3.62. The van der Waals surface area contributed by atoms with Crippen molar-refractivity contribution in [3.05, 3.63) is 41.0 Å². The summed E-state index contributed by atoms with van der Waals surface area (Å²) in [7, 11) is 1.74. The first-order valence-electron chi connectivity index (χ1n) is 6.83. The van der Waals surface area contributed by atoms with Crippen LogP contribution < -0.4 is 10.1 Å². The van der Waals surface area contributed by atoms with Gasteiger partial charge >= 0.3 is 0 Å². The molecule has 1 aliphatic rings. The highest BCUT2D eigenvalue weighted by Gasteiger charge is 2.18. The van der Waals surface area contributed by atoms with E-state index in [0.717, 1.165) is 12.3 Å². The second kappa shape index (κ2) is 6.05. The van der Waals surface area contributed by atoms with Crippen molar-refractivity contribution in [2.45, 2.75) is 39.2 Å². The minimum Gasteiger partial charge on any atom is -0.496 e. The van der Waals surface area contributed by atoms with Crippen LogP contribution in [0, 0.1) is 6.92 Å². The molecule has 1 aromatic carbocycles. The summed E-state index contributed by atoms with van der Waals surface area (Å²) in [4.78, 5) is 0. The summed E-state index contributed by atoms with van der Waals surface area (Å²) >= 11 is 0. The number of benzene rings is 1. The molecular formula is C16H23NO. The molecule has 2 heteroatoms. The SMILES string of the molecule is CCNC(C1=CCCC1)c1ccc(C)c(OC)c1. The molecule has 98 valence electrons. The summed E-state index contributed by atoms with van der Waals surface area (Å²) in [6.45, 7) is 5.23. The van der Waals surface area contributed by atoms with Crippen molar-refractivity contribution in [2.24, 2.45) is 0 Å². The molecule has 0 radical (unpaired) electrons. The fourth-order valence-electron chi connectivity index (χ4n) is 2.64. The maximum atomic E-state index is 5.43. The van der Waals surface area contributed by atoms with Crippen molar-refractivity contribution < 1.29 is 4.74 Å². The van der Waals surface area contributed by atoms with E-state index in [9.17, 15) is 0 Å². The number of nitrogens with one attached hydrogen (secondary N) is 1. The van der Waals surface area contributed by atoms with E-state index in [1.165, 1.54) is 36.0 Å². The van der Waals surface area contributed by atoms with Crippen molar-refractivity contribution in [3.63, 3.8) is 0 Å². The van der Waals surface area contributed by atoms with Gasteiger partial charge in [-0.1, -0.05) is 30.7 Å². The summed E-state index contributed by atoms with van der Waals surface area (Å²) in [5.41, 5.74) is 4.03. The number of aryl methyl sites for hydroxylation is 1. The maximum Gasteiger partial charge on any atom is 0.122 e. The van der Waals surface area contributed by atoms with Crippen LogP contribution in [0.2, 0.25) is 0 Å². The van der Waals surface area contributed by atoms with Gasteiger partial charge in [0.2, 0.25) is 0 Å². The van der Waals surface area contributed by atoms with Gasteiger partial charge in [0.1, 0.15) is 5.75 Å². The Morgan fingerprint density at radius 3 is 2.83 bits per heavy atom. The summed E-state index contributed by atoms with van der Waals surface area (Å²) in [5, 5.41) is 3.59. The molecule has 0 aliphatic heterocycles. The molecule has 1 N–H and O–H groups in total. The van der Waals surface area contributed by atoms with Crippen LogP contribution in [0.1, 0.15) is 43.4 Å². The summed E-state index contributed by atoms with van der Waals surface area (Å²) in [5.74, 6) is 0.981. The molecule has 0 aromatic heterocycles. The monoisotopic (exact) mass is 245 g/mol. The van der Waals surface area contributed by atoms with Crippen molar-refractivity contribution >= 4 is 0 Å². The number of ether oxygens (including phenoxy) is 1. The van der Waals surface area contributed by atoms with E-state index in [0.29, 0.717) is 6.04 Å². The third kappa shape index (κ3) is 2.75. The largest absolute Gasteiger partial charge is 0.496 e. The average molecular weight is 245 g/mol. The zero-order chi connectivity index (χ0) is 13.0. The van der Waals surface area contributed by atoms with Crippen LogP contribution in [0.3, 0.4) is 0 Å². The predicted molar refractivity (Wildman–Crippen MR) is 76.1 cm³/mol. The Morgan fingerprint density at radius 2 is 2.22 bits per heavy atom. The topological polar surface area (TPSA) is 21.3 Å². The van der Waals surface area contributed by atoms with Gasteiger partial charge < -0.3 is 10.1 Å². The van der Waals surface area contributed by atoms with E-state index in [-0.39, 0.29) is 0 Å². The van der Waals surface area contributed by atoms with E-state index < -0.39 is 0 Å². The van der Waals surface area contributed by atoms with Gasteiger partial charge in [-0.2, -0.15) is 0 Å². The van der Waals surface area contributed by atoms with Gasteiger partial charge in [-0.05, 0) is 49.9 Å². The molecule has 0 heterocycles. The van der Waals surface area contributed by atoms with Crippen LogP contribution in [-0.4, -0.2) is 13.7 Å². The molecule has 1 aromatic rings. The Morgan fingerprint density at radius 1 is 1.39 bits per heavy atom. The van der Waals surface area contributed by atoms with Gasteiger partial charge in [0.25, 0.3) is 0 Å². The summed E-state index contributed by atoms with van der Waals surface area (Å²) < 4.78 is 5.43. The lowest BCUT2D eigenvalue weighted by atomic mass is 9.96. The summed E-state index contributed by atoms with van der Waals surface area (Å²) in [6, 6.07) is 6.88. The number of allylic oxidation sites excluding steroid dienone is 1. The van der Waals surface area contributed by atoms with E-state index in [1.807, 2.05) is 0 Å². The highest BCUT2D eigenvalue weighted by Crippen LogP contribution is 2.32. The molecule has 18 heavy (non-hydrogen) atoms. The van der Waals surface area contributed by atoms with Crippen molar-refractivity contribution in [2.75, 3.05) is 13.7 Å². The second-order valence-electron chi connectivity index (χ2n) is 4.89. The van der Waals surface area contributed by atoms with E-state index in [4.69, 9.17) is 4.74 Å². The van der Waals surface area contributed by atoms with Crippen LogP contribution in [-0.2, 0) is 0 Å². The van der Waals surface area contributed by atoms with Crippen molar-refractivity contribution in [3.8, 4) is 5.75 Å². The molecular weight excluding hydrogens is 222 g/mol. The minimum absolute atomic E-state index is 0.354. The molecule has 1 aliphatic carbocycles. The fraction of sp³-hybridized carbons (Fsp3) is 0.500. The number of hydrogen-bond acceptors (Lipinski definition) is 2. The Bertz CT molecular complexity index is 437. The molecule has 0 spiro atoms. The van der Waals surface area contributed by atoms with E-state index in [1.54, 1.807) is 7.11 Å². The molecule has 0 bridgehead atoms. The van der Waals surface area contributed by atoms with Crippen LogP contribution >= 0.6 is 0 Å². The predicted octanol–water partition coefficient (Wildman–Crippen LogP) is 3.76. The first-order valence-corrected chi connectivity index (χ1v) is 6.83. The van der Waals surface area contributed by atoms with Crippen LogP contribution in [0.25, 0.3) is 0 Å². The highest BCUT2D eigenvalue weighted by molar-refractivity contribution is 5.40. The Hall–Kier alpha value is -1.28. The van der Waals surface area contributed by atoms with E-state index in [2.05, 4.69) is 43.4 Å². The Balaban J connectivity index is 2.30. The molecule has 1 unspecified atom stereocenters. The van der Waals surface area contributed by atoms with E-state index >= 15 is 0 Å². The molecule has 0 amide bonds. The Labute approximate surface area is 110 Å². The number of methoxy groups -OCH3 is 1. The van der Waals surface area contributed by atoms with Gasteiger partial charge in [0.15, 0.2) is 0 Å². The standard InChI is InChI=1S/C16H23NO/c1-4-17-16(13-7-5-6-8-13)14-10-9-12(2)15(11-14)18-3/h7,9-11,16-17H,4-6,8H2,1-3H3. The normalized spacial score (nSPS) is 16.5. The zero-order valence-corrected chi connectivity index (χ0v) is 11.6. The molecule has 1 atom stereocenters. The van der Waals surface area contributed by atoms with Crippen LogP contribution in [0.4, 0.5) is 0 Å². The fourth-order valence-corrected chi connectivity index (χ4v) is 2.64. The second-order valence-corrected chi connectivity index (χ2v) is 4.89. The lowest BCUT2D eigenvalue weighted by Gasteiger charge is -2.21. The quantitative estimate of drug-likeness (QED) is 0.797. The zero-order valence-electron chi connectivity index (χ0n) is 11.6. The maximum absolute atomic E-state index is 5.43. The molecule has 2 nitrogen and oxygen atoms in total. The van der Waals surface area contributed by atoms with Crippen molar-refractivity contribution in [1.82, 2.24) is 5.32 Å². The third-order valence-electron chi connectivity index (χ3n) is 3.62. The highest BCUT2D eigenvalue weighted by atomic mass is 16.5. The number of likely N-dealkylation sites (N-methyl/N-ethyl adjacent to an activating group) is 1.